The number of rotatable bonds is 5. The molecule has 0 fully saturated rings. The van der Waals surface area contributed by atoms with Crippen molar-refractivity contribution in [2.45, 2.75) is 48.2 Å². The number of aliphatic hydroxyl groups is 1. The van der Waals surface area contributed by atoms with Crippen molar-refractivity contribution in [3.8, 4) is 0 Å². The van der Waals surface area contributed by atoms with E-state index in [-0.39, 0.29) is 24.1 Å². The first-order valence-electron chi connectivity index (χ1n) is 9.57. The van der Waals surface area contributed by atoms with E-state index >= 15 is 0 Å². The van der Waals surface area contributed by atoms with Crippen LogP contribution in [-0.4, -0.2) is 37.8 Å². The van der Waals surface area contributed by atoms with Crippen LogP contribution in [0, 0.1) is 5.82 Å². The standard InChI is InChI=1S/C20H17F7N2O4S/c21-13-3-6-15(7-4-13)34(32,33)29-14(10-17(28)30)5-1-11-9-12(2-8-16(11)29)18(31,19(22,23)24)20(25,26)27/h2-4,6-9,14,31H,1,5,10H2,(H2,28,30). The Balaban J connectivity index is 2.20. The van der Waals surface area contributed by atoms with Gasteiger partial charge < -0.3 is 10.8 Å². The number of hydrogen-bond acceptors (Lipinski definition) is 4. The number of nitrogens with zero attached hydrogens (tertiary/aromatic N) is 1. The predicted octanol–water partition coefficient (Wildman–Crippen LogP) is 3.52. The lowest BCUT2D eigenvalue weighted by molar-refractivity contribution is -0.376. The Hall–Kier alpha value is -2.87. The second kappa shape index (κ2) is 8.41. The molecule has 0 bridgehead atoms. The molecule has 1 amide bonds. The minimum absolute atomic E-state index is 0.170. The molecule has 3 N–H and O–H groups in total. The summed E-state index contributed by atoms with van der Waals surface area (Å²) in [6.45, 7) is 0. The van der Waals surface area contributed by atoms with Crippen LogP contribution in [0.25, 0.3) is 0 Å². The molecule has 6 nitrogen and oxygen atoms in total. The summed E-state index contributed by atoms with van der Waals surface area (Å²) in [6.07, 6.45) is -13.1. The Morgan fingerprint density at radius 3 is 2.09 bits per heavy atom. The predicted molar refractivity (Wildman–Crippen MR) is 104 cm³/mol. The molecule has 0 saturated carbocycles. The van der Waals surface area contributed by atoms with Gasteiger partial charge in [-0.05, 0) is 48.7 Å². The molecule has 0 saturated heterocycles. The van der Waals surface area contributed by atoms with Crippen molar-refractivity contribution in [1.29, 1.82) is 0 Å². The zero-order chi connectivity index (χ0) is 25.7. The van der Waals surface area contributed by atoms with Crippen LogP contribution < -0.4 is 10.0 Å². The van der Waals surface area contributed by atoms with Gasteiger partial charge in [0.1, 0.15) is 5.82 Å². The molecule has 34 heavy (non-hydrogen) atoms. The van der Waals surface area contributed by atoms with Crippen LogP contribution in [0.15, 0.2) is 47.4 Å². The van der Waals surface area contributed by atoms with E-state index in [1.807, 2.05) is 0 Å². The van der Waals surface area contributed by atoms with E-state index in [4.69, 9.17) is 5.73 Å². The maximum absolute atomic E-state index is 13.3. The molecular weight excluding hydrogens is 497 g/mol. The maximum atomic E-state index is 13.3. The Kier molecular flexibility index (Phi) is 6.37. The topological polar surface area (TPSA) is 101 Å². The third-order valence-corrected chi connectivity index (χ3v) is 7.32. The highest BCUT2D eigenvalue weighted by Gasteiger charge is 2.71. The van der Waals surface area contributed by atoms with Gasteiger partial charge in [0.25, 0.3) is 15.6 Å². The molecule has 0 spiro atoms. The number of carbonyl (C=O) groups is 1. The maximum Gasteiger partial charge on any atom is 0.430 e. The minimum Gasteiger partial charge on any atom is -0.370 e. The molecule has 0 aromatic heterocycles. The first kappa shape index (κ1) is 25.7. The molecule has 1 aliphatic heterocycles. The first-order chi connectivity index (χ1) is 15.5. The van der Waals surface area contributed by atoms with E-state index in [0.717, 1.165) is 24.3 Å². The number of primary amides is 1. The SMILES string of the molecule is NC(=O)CC1CCc2cc(C(O)(C(F)(F)F)C(F)(F)F)ccc2N1S(=O)(=O)c1ccc(F)cc1. The quantitative estimate of drug-likeness (QED) is 0.597. The lowest BCUT2D eigenvalue weighted by Crippen LogP contribution is -2.54. The third kappa shape index (κ3) is 4.31. The smallest absolute Gasteiger partial charge is 0.370 e. The fourth-order valence-corrected chi connectivity index (χ4v) is 5.53. The number of fused-ring (bicyclic) bond motifs is 1. The van der Waals surface area contributed by atoms with Crippen LogP contribution >= 0.6 is 0 Å². The number of hydrogen-bond donors (Lipinski definition) is 2. The van der Waals surface area contributed by atoms with Gasteiger partial charge in [-0.15, -0.1) is 0 Å². The van der Waals surface area contributed by atoms with Crippen LogP contribution in [0.3, 0.4) is 0 Å². The number of sulfonamides is 1. The molecule has 0 aliphatic carbocycles. The molecule has 2 aromatic carbocycles. The van der Waals surface area contributed by atoms with Crippen molar-refractivity contribution >= 4 is 21.6 Å². The van der Waals surface area contributed by atoms with Gasteiger partial charge in [0.2, 0.25) is 5.91 Å². The minimum atomic E-state index is -6.12. The Bertz CT molecular complexity index is 1180. The number of alkyl halides is 6. The highest BCUT2D eigenvalue weighted by molar-refractivity contribution is 7.92. The van der Waals surface area contributed by atoms with Crippen LogP contribution in [0.4, 0.5) is 36.4 Å². The van der Waals surface area contributed by atoms with E-state index in [0.29, 0.717) is 22.5 Å². The van der Waals surface area contributed by atoms with Crippen molar-refractivity contribution in [2.24, 2.45) is 5.73 Å². The van der Waals surface area contributed by atoms with E-state index in [1.165, 1.54) is 0 Å². The van der Waals surface area contributed by atoms with Gasteiger partial charge in [0, 0.05) is 12.0 Å². The average molecular weight is 514 g/mol. The zero-order valence-electron chi connectivity index (χ0n) is 17.0. The van der Waals surface area contributed by atoms with Gasteiger partial charge in [0.15, 0.2) is 0 Å². The highest BCUT2D eigenvalue weighted by Crippen LogP contribution is 2.51. The summed E-state index contributed by atoms with van der Waals surface area (Å²) >= 11 is 0. The second-order valence-electron chi connectivity index (χ2n) is 7.67. The van der Waals surface area contributed by atoms with Crippen molar-refractivity contribution in [3.63, 3.8) is 0 Å². The summed E-state index contributed by atoms with van der Waals surface area (Å²) in [5.74, 6) is -1.65. The Labute approximate surface area is 188 Å². The monoisotopic (exact) mass is 514 g/mol. The van der Waals surface area contributed by atoms with Gasteiger partial charge >= 0.3 is 12.4 Å². The van der Waals surface area contributed by atoms with Gasteiger partial charge in [-0.25, -0.2) is 12.8 Å². The molecular formula is C20H17F7N2O4S. The summed E-state index contributed by atoms with van der Waals surface area (Å²) in [5, 5.41) is 9.68. The zero-order valence-corrected chi connectivity index (χ0v) is 17.8. The number of anilines is 1. The summed E-state index contributed by atoms with van der Waals surface area (Å²) < 4.78 is 120. The van der Waals surface area contributed by atoms with Crippen LogP contribution in [-0.2, 0) is 26.8 Å². The molecule has 1 aliphatic rings. The van der Waals surface area contributed by atoms with E-state index in [1.54, 1.807) is 0 Å². The summed E-state index contributed by atoms with van der Waals surface area (Å²) in [5.41, 5.74) is -2.08. The van der Waals surface area contributed by atoms with Crippen molar-refractivity contribution in [3.05, 3.63) is 59.4 Å². The molecule has 1 atom stereocenters. The van der Waals surface area contributed by atoms with Crippen molar-refractivity contribution < 1.29 is 49.1 Å². The molecule has 2 aromatic rings. The number of aryl methyl sites for hydroxylation is 1. The highest BCUT2D eigenvalue weighted by atomic mass is 32.2. The van der Waals surface area contributed by atoms with Crippen LogP contribution in [0.5, 0.6) is 0 Å². The summed E-state index contributed by atoms with van der Waals surface area (Å²) in [7, 11) is -4.54. The number of carbonyl (C=O) groups excluding carboxylic acids is 1. The largest absolute Gasteiger partial charge is 0.430 e. The molecule has 0 radical (unpaired) electrons. The molecule has 1 unspecified atom stereocenters. The number of nitrogens with two attached hydrogens (primary N) is 1. The van der Waals surface area contributed by atoms with Crippen LogP contribution in [0.2, 0.25) is 0 Å². The number of amides is 1. The average Bonchev–Trinajstić information content (AvgIpc) is 2.70. The van der Waals surface area contributed by atoms with Crippen LogP contribution in [0.1, 0.15) is 24.0 Å². The summed E-state index contributed by atoms with van der Waals surface area (Å²) in [6, 6.07) is 3.87. The fraction of sp³-hybridized carbons (Fsp3) is 0.350. The van der Waals surface area contributed by atoms with E-state index in [2.05, 4.69) is 0 Å². The lowest BCUT2D eigenvalue weighted by atomic mass is 9.87. The van der Waals surface area contributed by atoms with Gasteiger partial charge in [-0.2, -0.15) is 26.3 Å². The van der Waals surface area contributed by atoms with Crippen molar-refractivity contribution in [1.82, 2.24) is 0 Å². The molecule has 3 rings (SSSR count). The van der Waals surface area contributed by atoms with E-state index in [9.17, 15) is 49.1 Å². The fourth-order valence-electron chi connectivity index (χ4n) is 3.81. The normalized spacial score (nSPS) is 17.4. The molecule has 186 valence electrons. The molecule has 14 heteroatoms. The lowest BCUT2D eigenvalue weighted by Gasteiger charge is -2.39. The van der Waals surface area contributed by atoms with Crippen molar-refractivity contribution in [2.75, 3.05) is 4.31 Å². The Morgan fingerprint density at radius 1 is 1.03 bits per heavy atom. The van der Waals surface area contributed by atoms with Gasteiger partial charge in [-0.3, -0.25) is 9.10 Å². The second-order valence-corrected chi connectivity index (χ2v) is 9.48. The molecule has 1 heterocycles. The Morgan fingerprint density at radius 2 is 1.59 bits per heavy atom. The van der Waals surface area contributed by atoms with Gasteiger partial charge in [0.05, 0.1) is 16.6 Å². The van der Waals surface area contributed by atoms with Gasteiger partial charge in [-0.1, -0.05) is 12.1 Å². The summed E-state index contributed by atoms with van der Waals surface area (Å²) in [4.78, 5) is 11.1. The van der Waals surface area contributed by atoms with E-state index < -0.39 is 62.6 Å². The first-order valence-corrected chi connectivity index (χ1v) is 11.0. The third-order valence-electron chi connectivity index (χ3n) is 5.44. The number of benzene rings is 2. The number of halogens is 7.